The van der Waals surface area contributed by atoms with E-state index in [9.17, 15) is 9.59 Å². The number of amides is 1. The number of anilines is 1. The number of rotatable bonds is 4. The molecule has 0 aliphatic heterocycles. The molecule has 0 aliphatic rings. The molecule has 0 bridgehead atoms. The van der Waals surface area contributed by atoms with E-state index in [1.165, 1.54) is 30.5 Å². The summed E-state index contributed by atoms with van der Waals surface area (Å²) in [5.41, 5.74) is 0.362. The molecule has 2 rings (SSSR count). The number of aromatic nitrogens is 2. The fourth-order valence-corrected chi connectivity index (χ4v) is 2.13. The summed E-state index contributed by atoms with van der Waals surface area (Å²) in [7, 11) is 0. The first-order chi connectivity index (χ1) is 9.45. The van der Waals surface area contributed by atoms with Gasteiger partial charge in [-0.3, -0.25) is 4.79 Å². The van der Waals surface area contributed by atoms with Crippen LogP contribution in [-0.2, 0) is 11.3 Å². The second-order valence-corrected chi connectivity index (χ2v) is 4.76. The minimum Gasteiger partial charge on any atom is -0.477 e. The van der Waals surface area contributed by atoms with Gasteiger partial charge in [0.2, 0.25) is 5.91 Å². The van der Waals surface area contributed by atoms with Crippen LogP contribution < -0.4 is 5.32 Å². The Morgan fingerprint density at radius 3 is 2.50 bits per heavy atom. The predicted octanol–water partition coefficient (Wildman–Crippen LogP) is 2.53. The summed E-state index contributed by atoms with van der Waals surface area (Å²) >= 11 is 11.6. The maximum atomic E-state index is 11.8. The molecule has 0 saturated carbocycles. The van der Waals surface area contributed by atoms with E-state index < -0.39 is 11.9 Å². The topological polar surface area (TPSA) is 84.2 Å². The number of nitrogens with one attached hydrogen (secondary N) is 1. The van der Waals surface area contributed by atoms with E-state index in [0.717, 1.165) is 4.68 Å². The molecule has 0 unspecified atom stereocenters. The van der Waals surface area contributed by atoms with Gasteiger partial charge in [-0.05, 0) is 24.3 Å². The molecule has 1 heterocycles. The SMILES string of the molecule is O=C(Cn1nccc1C(=O)O)Nc1cc(Cl)cc(Cl)c1. The Hall–Kier alpha value is -2.05. The van der Waals surface area contributed by atoms with Crippen LogP contribution in [0.1, 0.15) is 10.5 Å². The molecule has 1 aromatic heterocycles. The highest BCUT2D eigenvalue weighted by Gasteiger charge is 2.13. The molecule has 0 saturated heterocycles. The van der Waals surface area contributed by atoms with E-state index in [2.05, 4.69) is 10.4 Å². The lowest BCUT2D eigenvalue weighted by molar-refractivity contribution is -0.116. The summed E-state index contributed by atoms with van der Waals surface area (Å²) in [6.45, 7) is -0.223. The van der Waals surface area contributed by atoms with Crippen molar-refractivity contribution in [3.8, 4) is 0 Å². The highest BCUT2D eigenvalue weighted by atomic mass is 35.5. The second kappa shape index (κ2) is 5.94. The summed E-state index contributed by atoms with van der Waals surface area (Å²) in [5.74, 6) is -1.59. The molecule has 0 aliphatic carbocycles. The summed E-state index contributed by atoms with van der Waals surface area (Å²) in [5, 5.41) is 16.0. The van der Waals surface area contributed by atoms with Gasteiger partial charge in [0.05, 0.1) is 0 Å². The molecular weight excluding hydrogens is 305 g/mol. The smallest absolute Gasteiger partial charge is 0.354 e. The molecule has 6 nitrogen and oxygen atoms in total. The van der Waals surface area contributed by atoms with E-state index in [4.69, 9.17) is 28.3 Å². The van der Waals surface area contributed by atoms with Gasteiger partial charge in [0.15, 0.2) is 0 Å². The number of hydrogen-bond acceptors (Lipinski definition) is 3. The highest BCUT2D eigenvalue weighted by Crippen LogP contribution is 2.22. The number of carboxylic acid groups (broad SMARTS) is 1. The van der Waals surface area contributed by atoms with E-state index in [-0.39, 0.29) is 12.2 Å². The normalized spacial score (nSPS) is 10.3. The van der Waals surface area contributed by atoms with E-state index in [0.29, 0.717) is 15.7 Å². The number of nitrogens with zero attached hydrogens (tertiary/aromatic N) is 2. The third-order valence-corrected chi connectivity index (χ3v) is 2.81. The van der Waals surface area contributed by atoms with Crippen molar-refractivity contribution in [2.75, 3.05) is 5.32 Å². The Kier molecular flexibility index (Phi) is 4.26. The minimum absolute atomic E-state index is 0.0655. The molecule has 2 N–H and O–H groups in total. The lowest BCUT2D eigenvalue weighted by Crippen LogP contribution is -2.22. The Balaban J connectivity index is 2.09. The number of halogens is 2. The van der Waals surface area contributed by atoms with E-state index in [1.54, 1.807) is 0 Å². The van der Waals surface area contributed by atoms with E-state index >= 15 is 0 Å². The molecule has 0 spiro atoms. The zero-order valence-corrected chi connectivity index (χ0v) is 11.5. The second-order valence-electron chi connectivity index (χ2n) is 3.89. The summed E-state index contributed by atoms with van der Waals surface area (Å²) < 4.78 is 1.09. The predicted molar refractivity (Wildman–Crippen MR) is 74.3 cm³/mol. The number of carbonyl (C=O) groups excluding carboxylic acids is 1. The first-order valence-corrected chi connectivity index (χ1v) is 6.22. The number of benzene rings is 1. The quantitative estimate of drug-likeness (QED) is 0.908. The average Bonchev–Trinajstić information content (AvgIpc) is 2.75. The lowest BCUT2D eigenvalue weighted by Gasteiger charge is -2.07. The Bertz CT molecular complexity index is 649. The number of carbonyl (C=O) groups is 2. The third kappa shape index (κ3) is 3.49. The standard InChI is InChI=1S/C12H9Cl2N3O3/c13-7-3-8(14)5-9(4-7)16-11(18)6-17-10(12(19)20)1-2-15-17/h1-5H,6H2,(H,16,18)(H,19,20). The van der Waals surface area contributed by atoms with Gasteiger partial charge >= 0.3 is 5.97 Å². The Morgan fingerprint density at radius 2 is 1.90 bits per heavy atom. The van der Waals surface area contributed by atoms with Crippen LogP contribution in [0, 0.1) is 0 Å². The molecular formula is C12H9Cl2N3O3. The van der Waals surface area contributed by atoms with Crippen LogP contribution >= 0.6 is 23.2 Å². The Labute approximate surface area is 123 Å². The summed E-state index contributed by atoms with van der Waals surface area (Å²) in [4.78, 5) is 22.7. The van der Waals surface area contributed by atoms with Gasteiger partial charge in [-0.25, -0.2) is 9.48 Å². The van der Waals surface area contributed by atoms with Crippen LogP contribution in [0.3, 0.4) is 0 Å². The van der Waals surface area contributed by atoms with Crippen molar-refractivity contribution < 1.29 is 14.7 Å². The van der Waals surface area contributed by atoms with Crippen LogP contribution in [0.2, 0.25) is 10.0 Å². The first-order valence-electron chi connectivity index (χ1n) is 5.47. The van der Waals surface area contributed by atoms with Crippen LogP contribution in [0.15, 0.2) is 30.5 Å². The largest absolute Gasteiger partial charge is 0.477 e. The fraction of sp³-hybridized carbons (Fsp3) is 0.0833. The fourth-order valence-electron chi connectivity index (χ4n) is 1.60. The molecule has 1 aromatic carbocycles. The zero-order chi connectivity index (χ0) is 14.7. The van der Waals surface area contributed by atoms with Gasteiger partial charge in [0.1, 0.15) is 12.2 Å². The molecule has 8 heteroatoms. The van der Waals surface area contributed by atoms with Crippen molar-refractivity contribution in [1.29, 1.82) is 0 Å². The average molecular weight is 314 g/mol. The van der Waals surface area contributed by atoms with Crippen LogP contribution in [0.5, 0.6) is 0 Å². The van der Waals surface area contributed by atoms with Crippen LogP contribution in [0.4, 0.5) is 5.69 Å². The monoisotopic (exact) mass is 313 g/mol. The minimum atomic E-state index is -1.15. The molecule has 0 atom stereocenters. The highest BCUT2D eigenvalue weighted by molar-refractivity contribution is 6.35. The molecule has 104 valence electrons. The first kappa shape index (κ1) is 14.4. The van der Waals surface area contributed by atoms with Crippen molar-refractivity contribution in [3.63, 3.8) is 0 Å². The molecule has 1 amide bonds. The van der Waals surface area contributed by atoms with Gasteiger partial charge in [-0.2, -0.15) is 5.10 Å². The summed E-state index contributed by atoms with van der Waals surface area (Å²) in [6, 6.07) is 5.92. The Morgan fingerprint density at radius 1 is 1.25 bits per heavy atom. The molecule has 2 aromatic rings. The van der Waals surface area contributed by atoms with Crippen molar-refractivity contribution >= 4 is 40.8 Å². The van der Waals surface area contributed by atoms with Gasteiger partial charge in [0, 0.05) is 21.9 Å². The number of aromatic carboxylic acids is 1. The zero-order valence-electron chi connectivity index (χ0n) is 10.0. The van der Waals surface area contributed by atoms with Gasteiger partial charge < -0.3 is 10.4 Å². The number of carboxylic acids is 1. The van der Waals surface area contributed by atoms with Gasteiger partial charge in [0.25, 0.3) is 0 Å². The van der Waals surface area contributed by atoms with Crippen LogP contribution in [0.25, 0.3) is 0 Å². The molecule has 20 heavy (non-hydrogen) atoms. The maximum Gasteiger partial charge on any atom is 0.354 e. The van der Waals surface area contributed by atoms with Crippen molar-refractivity contribution in [2.24, 2.45) is 0 Å². The summed E-state index contributed by atoms with van der Waals surface area (Å²) in [6.07, 6.45) is 1.31. The molecule has 0 radical (unpaired) electrons. The van der Waals surface area contributed by atoms with Crippen molar-refractivity contribution in [2.45, 2.75) is 6.54 Å². The lowest BCUT2D eigenvalue weighted by atomic mass is 10.3. The molecule has 0 fully saturated rings. The van der Waals surface area contributed by atoms with Crippen molar-refractivity contribution in [1.82, 2.24) is 9.78 Å². The van der Waals surface area contributed by atoms with Crippen molar-refractivity contribution in [3.05, 3.63) is 46.2 Å². The number of hydrogen-bond donors (Lipinski definition) is 2. The van der Waals surface area contributed by atoms with Gasteiger partial charge in [-0.15, -0.1) is 0 Å². The third-order valence-electron chi connectivity index (χ3n) is 2.38. The van der Waals surface area contributed by atoms with Crippen LogP contribution in [-0.4, -0.2) is 26.8 Å². The van der Waals surface area contributed by atoms with Gasteiger partial charge in [-0.1, -0.05) is 23.2 Å². The maximum absolute atomic E-state index is 11.8. The van der Waals surface area contributed by atoms with E-state index in [1.807, 2.05) is 0 Å².